The molecule has 4 nitrogen and oxygen atoms in total. The van der Waals surface area contributed by atoms with Crippen LogP contribution in [-0.4, -0.2) is 31.9 Å². The second-order valence-electron chi connectivity index (χ2n) is 3.35. The SMILES string of the molecule is COc1ncccc1CNCC(C)OC. The van der Waals surface area contributed by atoms with Crippen LogP contribution in [0.3, 0.4) is 0 Å². The molecule has 0 radical (unpaired) electrons. The summed E-state index contributed by atoms with van der Waals surface area (Å²) in [6.07, 6.45) is 1.94. The van der Waals surface area contributed by atoms with Crippen molar-refractivity contribution < 1.29 is 9.47 Å². The Balaban J connectivity index is 2.43. The summed E-state index contributed by atoms with van der Waals surface area (Å²) in [4.78, 5) is 4.12. The van der Waals surface area contributed by atoms with Crippen molar-refractivity contribution in [2.45, 2.75) is 19.6 Å². The smallest absolute Gasteiger partial charge is 0.217 e. The molecule has 0 aliphatic carbocycles. The van der Waals surface area contributed by atoms with Crippen LogP contribution in [0.25, 0.3) is 0 Å². The molecular formula is C11H18N2O2. The molecule has 1 N–H and O–H groups in total. The molecule has 1 heterocycles. The first-order valence-electron chi connectivity index (χ1n) is 4.99. The van der Waals surface area contributed by atoms with E-state index < -0.39 is 0 Å². The van der Waals surface area contributed by atoms with Crippen molar-refractivity contribution in [3.63, 3.8) is 0 Å². The molecule has 0 aliphatic heterocycles. The first kappa shape index (κ1) is 11.9. The fourth-order valence-electron chi connectivity index (χ4n) is 1.24. The van der Waals surface area contributed by atoms with Gasteiger partial charge in [-0.15, -0.1) is 0 Å². The zero-order valence-electron chi connectivity index (χ0n) is 9.49. The number of nitrogens with zero attached hydrogens (tertiary/aromatic N) is 1. The van der Waals surface area contributed by atoms with Crippen molar-refractivity contribution >= 4 is 0 Å². The van der Waals surface area contributed by atoms with Gasteiger partial charge in [-0.1, -0.05) is 6.07 Å². The number of pyridine rings is 1. The third kappa shape index (κ3) is 3.85. The van der Waals surface area contributed by atoms with E-state index in [2.05, 4.69) is 10.3 Å². The Morgan fingerprint density at radius 1 is 1.47 bits per heavy atom. The number of nitrogens with one attached hydrogen (secondary N) is 1. The van der Waals surface area contributed by atoms with Crippen LogP contribution in [0.15, 0.2) is 18.3 Å². The van der Waals surface area contributed by atoms with Crippen LogP contribution in [-0.2, 0) is 11.3 Å². The maximum atomic E-state index is 5.15. The Morgan fingerprint density at radius 3 is 2.93 bits per heavy atom. The second kappa shape index (κ2) is 6.37. The van der Waals surface area contributed by atoms with Gasteiger partial charge in [0.25, 0.3) is 0 Å². The van der Waals surface area contributed by atoms with Crippen molar-refractivity contribution in [3.05, 3.63) is 23.9 Å². The van der Waals surface area contributed by atoms with Crippen molar-refractivity contribution in [1.82, 2.24) is 10.3 Å². The summed E-state index contributed by atoms with van der Waals surface area (Å²) in [5.41, 5.74) is 1.06. The Kier molecular flexibility index (Phi) is 5.07. The normalized spacial score (nSPS) is 12.5. The summed E-state index contributed by atoms with van der Waals surface area (Å²) < 4.78 is 10.3. The van der Waals surface area contributed by atoms with Crippen molar-refractivity contribution in [2.75, 3.05) is 20.8 Å². The van der Waals surface area contributed by atoms with Gasteiger partial charge in [0, 0.05) is 32.0 Å². The van der Waals surface area contributed by atoms with E-state index in [-0.39, 0.29) is 6.10 Å². The van der Waals surface area contributed by atoms with Crippen molar-refractivity contribution in [2.24, 2.45) is 0 Å². The Morgan fingerprint density at radius 2 is 2.27 bits per heavy atom. The van der Waals surface area contributed by atoms with E-state index in [0.717, 1.165) is 18.7 Å². The number of methoxy groups -OCH3 is 2. The highest BCUT2D eigenvalue weighted by atomic mass is 16.5. The van der Waals surface area contributed by atoms with E-state index in [1.165, 1.54) is 0 Å². The molecule has 0 saturated heterocycles. The van der Waals surface area contributed by atoms with Gasteiger partial charge in [-0.05, 0) is 13.0 Å². The number of hydrogen-bond donors (Lipinski definition) is 1. The molecule has 1 aromatic rings. The van der Waals surface area contributed by atoms with Gasteiger partial charge in [-0.2, -0.15) is 0 Å². The van der Waals surface area contributed by atoms with Gasteiger partial charge < -0.3 is 14.8 Å². The van der Waals surface area contributed by atoms with Crippen LogP contribution in [0.1, 0.15) is 12.5 Å². The first-order valence-corrected chi connectivity index (χ1v) is 4.99. The number of ether oxygens (including phenoxy) is 2. The minimum Gasteiger partial charge on any atom is -0.481 e. The summed E-state index contributed by atoms with van der Waals surface area (Å²) in [5.74, 6) is 0.676. The van der Waals surface area contributed by atoms with Crippen LogP contribution < -0.4 is 10.1 Å². The fourth-order valence-corrected chi connectivity index (χ4v) is 1.24. The third-order valence-corrected chi connectivity index (χ3v) is 2.19. The molecule has 15 heavy (non-hydrogen) atoms. The van der Waals surface area contributed by atoms with Gasteiger partial charge in [-0.3, -0.25) is 0 Å². The predicted molar refractivity (Wildman–Crippen MR) is 59.0 cm³/mol. The first-order chi connectivity index (χ1) is 7.27. The van der Waals surface area contributed by atoms with E-state index in [0.29, 0.717) is 5.88 Å². The van der Waals surface area contributed by atoms with Gasteiger partial charge in [0.2, 0.25) is 5.88 Å². The molecular weight excluding hydrogens is 192 g/mol. The maximum Gasteiger partial charge on any atom is 0.217 e. The predicted octanol–water partition coefficient (Wildman–Crippen LogP) is 1.21. The zero-order chi connectivity index (χ0) is 11.1. The minimum atomic E-state index is 0.215. The molecule has 0 fully saturated rings. The summed E-state index contributed by atoms with van der Waals surface area (Å²) in [5, 5.41) is 3.28. The molecule has 0 saturated carbocycles. The van der Waals surface area contributed by atoms with Gasteiger partial charge in [0.05, 0.1) is 13.2 Å². The van der Waals surface area contributed by atoms with E-state index in [1.54, 1.807) is 20.4 Å². The summed E-state index contributed by atoms with van der Waals surface area (Å²) in [6, 6.07) is 3.90. The van der Waals surface area contributed by atoms with Crippen LogP contribution in [0.2, 0.25) is 0 Å². The van der Waals surface area contributed by atoms with E-state index in [4.69, 9.17) is 9.47 Å². The van der Waals surface area contributed by atoms with Crippen LogP contribution >= 0.6 is 0 Å². The van der Waals surface area contributed by atoms with E-state index >= 15 is 0 Å². The molecule has 1 rings (SSSR count). The lowest BCUT2D eigenvalue weighted by molar-refractivity contribution is 0.117. The molecule has 84 valence electrons. The largest absolute Gasteiger partial charge is 0.481 e. The van der Waals surface area contributed by atoms with Gasteiger partial charge in [0.1, 0.15) is 0 Å². The van der Waals surface area contributed by atoms with Crippen LogP contribution in [0.4, 0.5) is 0 Å². The highest BCUT2D eigenvalue weighted by Gasteiger charge is 2.03. The zero-order valence-corrected chi connectivity index (χ0v) is 9.49. The number of aromatic nitrogens is 1. The average Bonchev–Trinajstić information content (AvgIpc) is 2.29. The standard InChI is InChI=1S/C11H18N2O2/c1-9(14-2)7-12-8-10-5-4-6-13-11(10)15-3/h4-6,9,12H,7-8H2,1-3H3. The highest BCUT2D eigenvalue weighted by Crippen LogP contribution is 2.12. The molecule has 1 atom stereocenters. The maximum absolute atomic E-state index is 5.15. The molecule has 0 spiro atoms. The van der Waals surface area contributed by atoms with Gasteiger partial charge >= 0.3 is 0 Å². The van der Waals surface area contributed by atoms with Gasteiger partial charge in [0.15, 0.2) is 0 Å². The van der Waals surface area contributed by atoms with E-state index in [9.17, 15) is 0 Å². The van der Waals surface area contributed by atoms with Crippen molar-refractivity contribution in [3.8, 4) is 5.88 Å². The van der Waals surface area contributed by atoms with E-state index in [1.807, 2.05) is 19.1 Å². The van der Waals surface area contributed by atoms with Crippen LogP contribution in [0, 0.1) is 0 Å². The average molecular weight is 210 g/mol. The summed E-state index contributed by atoms with van der Waals surface area (Å²) >= 11 is 0. The minimum absolute atomic E-state index is 0.215. The monoisotopic (exact) mass is 210 g/mol. The van der Waals surface area contributed by atoms with Gasteiger partial charge in [-0.25, -0.2) is 4.98 Å². The Hall–Kier alpha value is -1.13. The lowest BCUT2D eigenvalue weighted by atomic mass is 10.2. The molecule has 0 aliphatic rings. The lowest BCUT2D eigenvalue weighted by Gasteiger charge is -2.11. The molecule has 1 unspecified atom stereocenters. The summed E-state index contributed by atoms with van der Waals surface area (Å²) in [6.45, 7) is 3.58. The number of rotatable bonds is 6. The van der Waals surface area contributed by atoms with Crippen LogP contribution in [0.5, 0.6) is 5.88 Å². The summed E-state index contributed by atoms with van der Waals surface area (Å²) in [7, 11) is 3.33. The molecule has 1 aromatic heterocycles. The van der Waals surface area contributed by atoms with Crippen molar-refractivity contribution in [1.29, 1.82) is 0 Å². The Labute approximate surface area is 90.6 Å². The third-order valence-electron chi connectivity index (χ3n) is 2.19. The molecule has 0 amide bonds. The molecule has 4 heteroatoms. The molecule has 0 bridgehead atoms. The number of hydrogen-bond acceptors (Lipinski definition) is 4. The molecule has 0 aromatic carbocycles. The fraction of sp³-hybridized carbons (Fsp3) is 0.545. The Bertz CT molecular complexity index is 292. The quantitative estimate of drug-likeness (QED) is 0.766. The topological polar surface area (TPSA) is 43.4 Å². The highest BCUT2D eigenvalue weighted by molar-refractivity contribution is 5.24. The lowest BCUT2D eigenvalue weighted by Crippen LogP contribution is -2.25. The second-order valence-corrected chi connectivity index (χ2v) is 3.35.